The van der Waals surface area contributed by atoms with Gasteiger partial charge in [0.25, 0.3) is 6.71 Å². The van der Waals surface area contributed by atoms with Crippen LogP contribution in [0.3, 0.4) is 0 Å². The van der Waals surface area contributed by atoms with Gasteiger partial charge in [0, 0.05) is 89.3 Å². The first kappa shape index (κ1) is 43.5. The fraction of sp³-hybridized carbons (Fsp3) is 0.0400. The van der Waals surface area contributed by atoms with Crippen LogP contribution in [0.15, 0.2) is 382 Å². The maximum atomic E-state index is 10.2. The Labute approximate surface area is 649 Å². The van der Waals surface area contributed by atoms with Gasteiger partial charge in [0.1, 0.15) is 0 Å². The van der Waals surface area contributed by atoms with Crippen molar-refractivity contribution >= 4 is 118 Å². The fourth-order valence-electron chi connectivity index (χ4n) is 15.9. The van der Waals surface area contributed by atoms with E-state index in [2.05, 4.69) is 42.7 Å². The van der Waals surface area contributed by atoms with Gasteiger partial charge < -0.3 is 23.8 Å². The maximum absolute atomic E-state index is 10.2. The lowest BCUT2D eigenvalue weighted by Crippen LogP contribution is -2.61. The van der Waals surface area contributed by atoms with E-state index < -0.39 is 145 Å². The minimum absolute atomic E-state index is 0.0411. The second kappa shape index (κ2) is 25.2. The Morgan fingerprint density at radius 1 is 0.292 bits per heavy atom. The van der Waals surface area contributed by atoms with Crippen LogP contribution in [0, 0.1) is 0 Å². The van der Waals surface area contributed by atoms with E-state index in [1.807, 2.05) is 182 Å². The first-order valence-corrected chi connectivity index (χ1v) is 35.0. The van der Waals surface area contributed by atoms with E-state index >= 15 is 0 Å². The van der Waals surface area contributed by atoms with Gasteiger partial charge in [0.05, 0.1) is 69.3 Å². The molecule has 16 aromatic carbocycles. The van der Waals surface area contributed by atoms with Crippen molar-refractivity contribution in [2.24, 2.45) is 0 Å². The summed E-state index contributed by atoms with van der Waals surface area (Å²) in [4.78, 5) is 5.80. The Bertz CT molecular complexity index is 7590. The van der Waals surface area contributed by atoms with Crippen molar-refractivity contribution in [1.82, 2.24) is 9.13 Å². The normalized spacial score (nSPS) is 15.3. The van der Waals surface area contributed by atoms with E-state index in [0.717, 1.165) is 27.8 Å². The molecule has 0 atom stereocenters. The summed E-state index contributed by atoms with van der Waals surface area (Å²) in [5.74, 6) is 0. The van der Waals surface area contributed by atoms with Crippen LogP contribution in [-0.2, 0) is 5.41 Å². The number of nitrogens with zero attached hydrogens (tertiary/aromatic N) is 5. The average Bonchev–Trinajstić information content (AvgIpc) is 1.09. The van der Waals surface area contributed by atoms with Crippen LogP contribution in [0.4, 0.5) is 51.2 Å². The summed E-state index contributed by atoms with van der Waals surface area (Å²) in [7, 11) is 0. The molecule has 0 radical (unpaired) electrons. The van der Waals surface area contributed by atoms with E-state index in [4.69, 9.17) is 5.48 Å². The third-order valence-corrected chi connectivity index (χ3v) is 20.5. The minimum atomic E-state index is -0.955. The maximum Gasteiger partial charge on any atom is 0.252 e. The lowest BCUT2D eigenvalue weighted by atomic mass is 9.33. The van der Waals surface area contributed by atoms with Crippen LogP contribution < -0.4 is 31.1 Å². The third-order valence-electron chi connectivity index (χ3n) is 20.5. The zero-order chi connectivity index (χ0) is 89.7. The van der Waals surface area contributed by atoms with Crippen molar-refractivity contribution in [3.05, 3.63) is 387 Å². The molecule has 0 fully saturated rings. The number of anilines is 9. The summed E-state index contributed by atoms with van der Waals surface area (Å²) in [6.45, 7) is 5.45. The van der Waals surface area contributed by atoms with Crippen molar-refractivity contribution in [2.75, 3.05) is 14.7 Å². The zero-order valence-electron chi connectivity index (χ0n) is 79.5. The molecule has 0 unspecified atom stereocenters. The highest BCUT2D eigenvalue weighted by Crippen LogP contribution is 2.55. The second-order valence-corrected chi connectivity index (χ2v) is 27.5. The fourth-order valence-corrected chi connectivity index (χ4v) is 15.9. The van der Waals surface area contributed by atoms with Crippen LogP contribution in [0.1, 0.15) is 56.5 Å². The largest absolute Gasteiger partial charge is 0.310 e. The number of para-hydroxylation sites is 6. The van der Waals surface area contributed by atoms with Crippen LogP contribution in [-0.4, -0.2) is 15.8 Å². The molecule has 4 heterocycles. The summed E-state index contributed by atoms with van der Waals surface area (Å²) in [6.07, 6.45) is 0. The van der Waals surface area contributed by atoms with E-state index in [0.29, 0.717) is 89.7 Å². The van der Waals surface area contributed by atoms with Crippen molar-refractivity contribution < 1.29 is 30.2 Å². The van der Waals surface area contributed by atoms with E-state index in [1.165, 1.54) is 9.47 Å². The Balaban J connectivity index is 1.01. The molecule has 5 nitrogen and oxygen atoms in total. The summed E-state index contributed by atoms with van der Waals surface area (Å²) in [5.41, 5.74) is 12.1. The molecule has 0 N–H and O–H groups in total. The van der Waals surface area contributed by atoms with Crippen LogP contribution in [0.25, 0.3) is 111 Å². The molecule has 2 aromatic heterocycles. The lowest BCUT2D eigenvalue weighted by Gasteiger charge is -2.46. The minimum Gasteiger partial charge on any atom is -0.310 e. The molecule has 0 saturated carbocycles. The number of fused-ring (bicyclic) bond motifs is 10. The molecule has 2 aliphatic heterocycles. The van der Waals surface area contributed by atoms with Gasteiger partial charge in [-0.1, -0.05) is 299 Å². The quantitative estimate of drug-likeness (QED) is 0.114. The van der Waals surface area contributed by atoms with Crippen LogP contribution in [0.2, 0.25) is 0 Å². The van der Waals surface area contributed by atoms with Crippen LogP contribution in [0.5, 0.6) is 0 Å². The first-order valence-electron chi connectivity index (χ1n) is 46.0. The van der Waals surface area contributed by atoms with Gasteiger partial charge in [0.2, 0.25) is 0 Å². The number of hydrogen-bond acceptors (Lipinski definition) is 3. The molecule has 6 heteroatoms. The molecule has 106 heavy (non-hydrogen) atoms. The van der Waals surface area contributed by atoms with Gasteiger partial charge in [-0.3, -0.25) is 0 Å². The van der Waals surface area contributed by atoms with Crippen molar-refractivity contribution in [3.8, 4) is 67.0 Å². The monoisotopic (exact) mass is 1380 g/mol. The second-order valence-electron chi connectivity index (χ2n) is 27.5. The SMILES string of the molecule is [2H]c1c([2H])c([2H])c(-c2ccc3c(c2)N(c2c(-c4ccccc4)cc(C(C)(C)C)cc2-c2ccccc2)c2cc(-n4c5c([2H])c([2H])c([2H])c([2H])c5c5c([2H])c([2H])c([2H])c([2H])c54)cc4c2B3c2ccc(-n3c5ccc(N(c6ccccc6)c6c([2H])c([2H])c([2H])c([2H])c6[2H])cc5c5c([2H])c([2H])c([2H])c([2H])c53)cc2N4c2c(-c3ccccc3)cccc2-c2ccccc2)c([2H])c1[2H]. The predicted octanol–water partition coefficient (Wildman–Crippen LogP) is 25.1. The number of benzene rings is 16. The molecule has 0 amide bonds. The van der Waals surface area contributed by atoms with Crippen molar-refractivity contribution in [3.63, 3.8) is 0 Å². The summed E-state index contributed by atoms with van der Waals surface area (Å²) in [6, 6.07) is 66.4. The van der Waals surface area contributed by atoms with Gasteiger partial charge in [0.15, 0.2) is 0 Å². The molecule has 0 bridgehead atoms. The summed E-state index contributed by atoms with van der Waals surface area (Å²) >= 11 is 0. The van der Waals surface area contributed by atoms with E-state index in [1.54, 1.807) is 59.2 Å². The summed E-state index contributed by atoms with van der Waals surface area (Å²) in [5, 5.41) is -0.00940. The molecule has 18 aromatic rings. The smallest absolute Gasteiger partial charge is 0.252 e. The highest BCUT2D eigenvalue weighted by molar-refractivity contribution is 7.00. The average molecular weight is 1380 g/mol. The Kier molecular flexibility index (Phi) is 10.4. The lowest BCUT2D eigenvalue weighted by molar-refractivity contribution is 0.591. The topological polar surface area (TPSA) is 19.6 Å². The first-order chi connectivity index (χ1) is 61.4. The van der Waals surface area contributed by atoms with Gasteiger partial charge in [-0.2, -0.15) is 0 Å². The molecule has 0 spiro atoms. The third kappa shape index (κ3) is 10.2. The number of aromatic nitrogens is 2. The standard InChI is InChI=1S/C100H72BN5/c1-100(2,3)73-61-84(70-38-17-7-18-39-70)99(85(62-73)71-40-19-8-20-41-71)105-93-60-72(67-32-11-4-12-33-67)54-57-87(93)101-88-58-55-77(103-91-53-30-27-48-83(91)86-63-76(56-59-92(86)103)102(74-42-21-9-22-43-74)75-44-23-10-24-45-75)64-94(88)106(98-79(68-34-13-5-14-35-68)49-31-50-80(98)69-36-15-6-16-37-69)96-66-78(65-95(105)97(96)101)104-89-51-28-25-46-81(89)82-47-26-29-52-90(82)104/h4-66H,1-3H3/i4D,9D,11D,12D,21D,22D,25D,26D,27D,28D,29D,30D,32D,33D,42D,43D,46D,47D,48D,51D,52D,53D. The highest BCUT2D eigenvalue weighted by Gasteiger charge is 2.46. The molecular formula is C100H72BN5. The van der Waals surface area contributed by atoms with Crippen molar-refractivity contribution in [1.29, 1.82) is 0 Å². The molecule has 20 rings (SSSR count). The number of rotatable bonds is 12. The Hall–Kier alpha value is -13.4. The van der Waals surface area contributed by atoms with E-state index in [-0.39, 0.29) is 66.3 Å². The Morgan fingerprint density at radius 3 is 1.25 bits per heavy atom. The zero-order valence-corrected chi connectivity index (χ0v) is 57.5. The molecule has 500 valence electrons. The molecule has 2 aliphatic rings. The van der Waals surface area contributed by atoms with Gasteiger partial charge in [-0.25, -0.2) is 0 Å². The van der Waals surface area contributed by atoms with Gasteiger partial charge >= 0.3 is 0 Å². The Morgan fingerprint density at radius 2 is 0.726 bits per heavy atom. The molecule has 0 saturated heterocycles. The van der Waals surface area contributed by atoms with Gasteiger partial charge in [-0.15, -0.1) is 0 Å². The predicted molar refractivity (Wildman–Crippen MR) is 450 cm³/mol. The highest BCUT2D eigenvalue weighted by atomic mass is 15.2. The van der Waals surface area contributed by atoms with Crippen molar-refractivity contribution in [2.45, 2.75) is 26.2 Å². The molecular weight excluding hydrogens is 1280 g/mol. The van der Waals surface area contributed by atoms with Crippen LogP contribution >= 0.6 is 0 Å². The number of hydrogen-bond donors (Lipinski definition) is 0. The van der Waals surface area contributed by atoms with Gasteiger partial charge in [-0.05, 0) is 164 Å². The molecule has 0 aliphatic carbocycles. The van der Waals surface area contributed by atoms with E-state index in [9.17, 15) is 24.7 Å². The summed E-state index contributed by atoms with van der Waals surface area (Å²) < 4.78 is 213.